The molecule has 2 aromatic carbocycles. The second-order valence-corrected chi connectivity index (χ2v) is 4.43. The summed E-state index contributed by atoms with van der Waals surface area (Å²) in [4.78, 5) is 11.9. The number of hydrogen-bond acceptors (Lipinski definition) is 3. The third-order valence-electron chi connectivity index (χ3n) is 2.76. The maximum Gasteiger partial charge on any atom is 0.338 e. The Balaban J connectivity index is 2.08. The molecule has 0 heterocycles. The number of ether oxygens (including phenoxy) is 1. The number of halogens is 2. The van der Waals surface area contributed by atoms with E-state index in [-0.39, 0.29) is 12.2 Å². The second-order valence-electron chi connectivity index (χ2n) is 4.43. The van der Waals surface area contributed by atoms with E-state index in [0.29, 0.717) is 16.8 Å². The molecule has 0 aromatic heterocycles. The molecule has 0 atom stereocenters. The van der Waals surface area contributed by atoms with Crippen molar-refractivity contribution in [3.63, 3.8) is 0 Å². The standard InChI is InChI=1S/C15H13F2NO2/c1-9-4-13(18)2-3-14(9)15(19)20-8-10-5-11(16)7-12(17)6-10/h2-7H,8,18H2,1H3. The SMILES string of the molecule is Cc1cc(N)ccc1C(=O)OCc1cc(F)cc(F)c1. The van der Waals surface area contributed by atoms with Crippen molar-refractivity contribution < 1.29 is 18.3 Å². The minimum Gasteiger partial charge on any atom is -0.457 e. The molecule has 0 aliphatic rings. The first-order valence-electron chi connectivity index (χ1n) is 5.94. The Kier molecular flexibility index (Phi) is 3.98. The van der Waals surface area contributed by atoms with Crippen LogP contribution in [0.15, 0.2) is 36.4 Å². The highest BCUT2D eigenvalue weighted by molar-refractivity contribution is 5.91. The third kappa shape index (κ3) is 3.32. The van der Waals surface area contributed by atoms with Crippen LogP contribution in [0.2, 0.25) is 0 Å². The fourth-order valence-corrected chi connectivity index (χ4v) is 1.84. The molecule has 5 heteroatoms. The van der Waals surface area contributed by atoms with Crippen molar-refractivity contribution in [2.75, 3.05) is 5.73 Å². The van der Waals surface area contributed by atoms with Gasteiger partial charge >= 0.3 is 5.97 Å². The van der Waals surface area contributed by atoms with E-state index in [0.717, 1.165) is 18.2 Å². The van der Waals surface area contributed by atoms with Gasteiger partial charge in [-0.25, -0.2) is 13.6 Å². The summed E-state index contributed by atoms with van der Waals surface area (Å²) in [6, 6.07) is 7.79. The zero-order valence-corrected chi connectivity index (χ0v) is 10.8. The first kappa shape index (κ1) is 14.0. The van der Waals surface area contributed by atoms with Crippen molar-refractivity contribution in [2.45, 2.75) is 13.5 Å². The number of nitrogens with two attached hydrogens (primary N) is 1. The lowest BCUT2D eigenvalue weighted by Gasteiger charge is -2.08. The predicted molar refractivity (Wildman–Crippen MR) is 71.1 cm³/mol. The van der Waals surface area contributed by atoms with E-state index < -0.39 is 17.6 Å². The lowest BCUT2D eigenvalue weighted by atomic mass is 10.1. The van der Waals surface area contributed by atoms with Gasteiger partial charge in [-0.3, -0.25) is 0 Å². The molecule has 3 nitrogen and oxygen atoms in total. The van der Waals surface area contributed by atoms with Crippen molar-refractivity contribution in [2.24, 2.45) is 0 Å². The van der Waals surface area contributed by atoms with E-state index in [4.69, 9.17) is 10.5 Å². The van der Waals surface area contributed by atoms with Crippen LogP contribution in [0.5, 0.6) is 0 Å². The number of anilines is 1. The van der Waals surface area contributed by atoms with Crippen LogP contribution in [0.25, 0.3) is 0 Å². The van der Waals surface area contributed by atoms with Crippen LogP contribution < -0.4 is 5.73 Å². The molecule has 20 heavy (non-hydrogen) atoms. The summed E-state index contributed by atoms with van der Waals surface area (Å²) >= 11 is 0. The average molecular weight is 277 g/mol. The minimum absolute atomic E-state index is 0.197. The molecule has 0 spiro atoms. The molecule has 104 valence electrons. The molecular formula is C15H13F2NO2. The van der Waals surface area contributed by atoms with Crippen LogP contribution >= 0.6 is 0 Å². The number of aryl methyl sites for hydroxylation is 1. The van der Waals surface area contributed by atoms with Crippen molar-refractivity contribution >= 4 is 11.7 Å². The van der Waals surface area contributed by atoms with Crippen molar-refractivity contribution in [1.29, 1.82) is 0 Å². The maximum atomic E-state index is 13.0. The Morgan fingerprint density at radius 2 is 1.80 bits per heavy atom. The lowest BCUT2D eigenvalue weighted by Crippen LogP contribution is -2.07. The van der Waals surface area contributed by atoms with Crippen LogP contribution in [-0.2, 0) is 11.3 Å². The molecule has 2 aromatic rings. The van der Waals surface area contributed by atoms with E-state index in [1.54, 1.807) is 25.1 Å². The number of nitrogen functional groups attached to an aromatic ring is 1. The number of rotatable bonds is 3. The van der Waals surface area contributed by atoms with E-state index in [1.807, 2.05) is 0 Å². The topological polar surface area (TPSA) is 52.3 Å². The summed E-state index contributed by atoms with van der Waals surface area (Å²) < 4.78 is 31.0. The molecule has 2 rings (SSSR count). The van der Waals surface area contributed by atoms with Crippen LogP contribution in [0, 0.1) is 18.6 Å². The molecule has 0 aliphatic heterocycles. The smallest absolute Gasteiger partial charge is 0.338 e. The number of carbonyl (C=O) groups is 1. The molecule has 0 saturated heterocycles. The first-order valence-corrected chi connectivity index (χ1v) is 5.94. The van der Waals surface area contributed by atoms with Gasteiger partial charge in [-0.15, -0.1) is 0 Å². The second kappa shape index (κ2) is 5.69. The monoisotopic (exact) mass is 277 g/mol. The average Bonchev–Trinajstić information content (AvgIpc) is 2.35. The fraction of sp³-hybridized carbons (Fsp3) is 0.133. The maximum absolute atomic E-state index is 13.0. The minimum atomic E-state index is -0.709. The van der Waals surface area contributed by atoms with Gasteiger partial charge in [0.2, 0.25) is 0 Å². The van der Waals surface area contributed by atoms with Gasteiger partial charge < -0.3 is 10.5 Å². The Morgan fingerprint density at radius 3 is 2.40 bits per heavy atom. The Morgan fingerprint density at radius 1 is 1.15 bits per heavy atom. The quantitative estimate of drug-likeness (QED) is 0.692. The van der Waals surface area contributed by atoms with Crippen LogP contribution in [-0.4, -0.2) is 5.97 Å². The molecule has 0 radical (unpaired) electrons. The fourth-order valence-electron chi connectivity index (χ4n) is 1.84. The Hall–Kier alpha value is -2.43. The van der Waals surface area contributed by atoms with E-state index >= 15 is 0 Å². The van der Waals surface area contributed by atoms with Gasteiger partial charge in [-0.2, -0.15) is 0 Å². The Labute approximate surface area is 115 Å². The predicted octanol–water partition coefficient (Wildman–Crippen LogP) is 3.21. The summed E-state index contributed by atoms with van der Waals surface area (Å²) in [6.07, 6.45) is 0. The van der Waals surface area contributed by atoms with Gasteiger partial charge in [0.25, 0.3) is 0 Å². The van der Waals surface area contributed by atoms with E-state index in [1.165, 1.54) is 0 Å². The number of carbonyl (C=O) groups excluding carboxylic acids is 1. The van der Waals surface area contributed by atoms with Gasteiger partial charge in [0.05, 0.1) is 5.56 Å². The largest absolute Gasteiger partial charge is 0.457 e. The summed E-state index contributed by atoms with van der Waals surface area (Å²) in [6.45, 7) is 1.53. The highest BCUT2D eigenvalue weighted by Crippen LogP contribution is 2.15. The van der Waals surface area contributed by atoms with Gasteiger partial charge in [0.15, 0.2) is 0 Å². The van der Waals surface area contributed by atoms with Crippen molar-refractivity contribution in [3.8, 4) is 0 Å². The number of benzene rings is 2. The van der Waals surface area contributed by atoms with Crippen LogP contribution in [0.4, 0.5) is 14.5 Å². The van der Waals surface area contributed by atoms with Crippen LogP contribution in [0.3, 0.4) is 0 Å². The molecular weight excluding hydrogens is 264 g/mol. The zero-order chi connectivity index (χ0) is 14.7. The summed E-state index contributed by atoms with van der Waals surface area (Å²) in [5.74, 6) is -1.98. The zero-order valence-electron chi connectivity index (χ0n) is 10.8. The lowest BCUT2D eigenvalue weighted by molar-refractivity contribution is 0.0471. The van der Waals surface area contributed by atoms with Gasteiger partial charge in [-0.05, 0) is 48.4 Å². The van der Waals surface area contributed by atoms with Crippen LogP contribution in [0.1, 0.15) is 21.5 Å². The van der Waals surface area contributed by atoms with Gasteiger partial charge in [0.1, 0.15) is 18.2 Å². The number of esters is 1. The first-order chi connectivity index (χ1) is 9.45. The third-order valence-corrected chi connectivity index (χ3v) is 2.76. The Bertz CT molecular complexity index is 636. The summed E-state index contributed by atoms with van der Waals surface area (Å²) in [5, 5.41) is 0. The molecule has 0 saturated carbocycles. The molecule has 0 unspecified atom stereocenters. The molecule has 0 bridgehead atoms. The van der Waals surface area contributed by atoms with E-state index in [9.17, 15) is 13.6 Å². The highest BCUT2D eigenvalue weighted by Gasteiger charge is 2.11. The molecule has 0 amide bonds. The van der Waals surface area contributed by atoms with Gasteiger partial charge in [0, 0.05) is 11.8 Å². The normalized spacial score (nSPS) is 10.3. The molecule has 2 N–H and O–H groups in total. The molecule has 0 fully saturated rings. The summed E-state index contributed by atoms with van der Waals surface area (Å²) in [7, 11) is 0. The van der Waals surface area contributed by atoms with Crippen molar-refractivity contribution in [3.05, 3.63) is 64.7 Å². The van der Waals surface area contributed by atoms with E-state index in [2.05, 4.69) is 0 Å². The number of hydrogen-bond donors (Lipinski definition) is 1. The van der Waals surface area contributed by atoms with Crippen molar-refractivity contribution in [1.82, 2.24) is 0 Å². The summed E-state index contributed by atoms with van der Waals surface area (Å²) in [5.41, 5.74) is 7.44. The molecule has 0 aliphatic carbocycles. The van der Waals surface area contributed by atoms with Gasteiger partial charge in [-0.1, -0.05) is 0 Å². The highest BCUT2D eigenvalue weighted by atomic mass is 19.1.